The lowest BCUT2D eigenvalue weighted by Crippen LogP contribution is -2.30. The van der Waals surface area contributed by atoms with Crippen molar-refractivity contribution in [3.05, 3.63) is 35.4 Å². The van der Waals surface area contributed by atoms with Gasteiger partial charge in [0.1, 0.15) is 6.17 Å². The van der Waals surface area contributed by atoms with E-state index >= 15 is 0 Å². The molecule has 1 aromatic rings. The van der Waals surface area contributed by atoms with Crippen molar-refractivity contribution in [3.63, 3.8) is 0 Å². The first kappa shape index (κ1) is 12.7. The summed E-state index contributed by atoms with van der Waals surface area (Å²) in [5, 5.41) is 3.26. The molecule has 2 heterocycles. The number of aliphatic imine (C=N–C) groups is 1. The van der Waals surface area contributed by atoms with E-state index in [2.05, 4.69) is 10.3 Å². The average Bonchev–Trinajstić information content (AvgIpc) is 2.85. The van der Waals surface area contributed by atoms with Gasteiger partial charge in [-0.1, -0.05) is 18.2 Å². The lowest BCUT2D eigenvalue weighted by molar-refractivity contribution is -0.138. The summed E-state index contributed by atoms with van der Waals surface area (Å²) < 4.78 is 39.0. The standard InChI is InChI=1S/C14H15F3N2/c15-14(16,17)12-4-2-1-3-11(12)10-7-9-5-6-18-13(9)19-8-10/h1-4,8-10,13,18H,5-7H2. The Bertz CT molecular complexity index is 496. The molecule has 0 saturated carbocycles. The van der Waals surface area contributed by atoms with E-state index < -0.39 is 11.7 Å². The number of halogens is 3. The van der Waals surface area contributed by atoms with E-state index in [-0.39, 0.29) is 12.1 Å². The topological polar surface area (TPSA) is 24.4 Å². The van der Waals surface area contributed by atoms with Gasteiger partial charge in [-0.3, -0.25) is 10.3 Å². The zero-order valence-electron chi connectivity index (χ0n) is 10.3. The number of nitrogens with one attached hydrogen (secondary N) is 1. The van der Waals surface area contributed by atoms with Gasteiger partial charge in [-0.05, 0) is 36.9 Å². The maximum absolute atomic E-state index is 13.0. The number of benzene rings is 1. The minimum atomic E-state index is -4.30. The number of rotatable bonds is 1. The maximum Gasteiger partial charge on any atom is 0.416 e. The SMILES string of the molecule is FC(F)(F)c1ccccc1C1C=NC2NCCC2C1. The summed E-state index contributed by atoms with van der Waals surface area (Å²) in [6.07, 6.45) is -0.769. The Balaban J connectivity index is 1.93. The third-order valence-electron chi connectivity index (χ3n) is 3.96. The average molecular weight is 268 g/mol. The quantitative estimate of drug-likeness (QED) is 0.831. The molecule has 0 amide bonds. The van der Waals surface area contributed by atoms with Crippen molar-refractivity contribution in [2.45, 2.75) is 31.1 Å². The van der Waals surface area contributed by atoms with E-state index in [0.29, 0.717) is 11.5 Å². The second-order valence-corrected chi connectivity index (χ2v) is 5.17. The van der Waals surface area contributed by atoms with Crippen LogP contribution >= 0.6 is 0 Å². The summed E-state index contributed by atoms with van der Waals surface area (Å²) in [6.45, 7) is 0.903. The Labute approximate surface area is 109 Å². The van der Waals surface area contributed by atoms with Gasteiger partial charge in [-0.2, -0.15) is 13.2 Å². The smallest absolute Gasteiger partial charge is 0.296 e. The van der Waals surface area contributed by atoms with Crippen molar-refractivity contribution in [1.29, 1.82) is 0 Å². The van der Waals surface area contributed by atoms with Gasteiger partial charge in [0, 0.05) is 12.1 Å². The highest BCUT2D eigenvalue weighted by Gasteiger charge is 2.37. The van der Waals surface area contributed by atoms with Crippen molar-refractivity contribution < 1.29 is 13.2 Å². The van der Waals surface area contributed by atoms with Gasteiger partial charge in [0.05, 0.1) is 5.56 Å². The van der Waals surface area contributed by atoms with E-state index in [1.807, 2.05) is 0 Å². The van der Waals surface area contributed by atoms with Gasteiger partial charge in [-0.25, -0.2) is 0 Å². The zero-order chi connectivity index (χ0) is 13.5. The Hall–Kier alpha value is -1.36. The van der Waals surface area contributed by atoms with Crippen LogP contribution in [-0.2, 0) is 6.18 Å². The van der Waals surface area contributed by atoms with Crippen LogP contribution in [0.25, 0.3) is 0 Å². The molecule has 0 aliphatic carbocycles. The molecule has 2 aliphatic rings. The third kappa shape index (κ3) is 2.39. The van der Waals surface area contributed by atoms with Crippen molar-refractivity contribution >= 4 is 6.21 Å². The summed E-state index contributed by atoms with van der Waals surface area (Å²) in [7, 11) is 0. The number of hydrogen-bond donors (Lipinski definition) is 1. The van der Waals surface area contributed by atoms with Crippen LogP contribution in [-0.4, -0.2) is 18.9 Å². The summed E-state index contributed by atoms with van der Waals surface area (Å²) in [6, 6.07) is 5.83. The molecule has 1 aromatic carbocycles. The van der Waals surface area contributed by atoms with Gasteiger partial charge in [0.15, 0.2) is 0 Å². The second-order valence-electron chi connectivity index (χ2n) is 5.17. The first-order chi connectivity index (χ1) is 9.05. The number of alkyl halides is 3. The summed E-state index contributed by atoms with van der Waals surface area (Å²) in [4.78, 5) is 4.37. The van der Waals surface area contributed by atoms with Crippen LogP contribution in [0.2, 0.25) is 0 Å². The molecule has 1 saturated heterocycles. The molecule has 3 unspecified atom stereocenters. The Morgan fingerprint density at radius 3 is 2.79 bits per heavy atom. The molecule has 2 nitrogen and oxygen atoms in total. The highest BCUT2D eigenvalue weighted by atomic mass is 19.4. The zero-order valence-corrected chi connectivity index (χ0v) is 10.3. The fourth-order valence-corrected chi connectivity index (χ4v) is 3.03. The van der Waals surface area contributed by atoms with Gasteiger partial charge in [0.25, 0.3) is 0 Å². The predicted molar refractivity (Wildman–Crippen MR) is 67.2 cm³/mol. The lowest BCUT2D eigenvalue weighted by Gasteiger charge is -2.27. The molecule has 3 atom stereocenters. The molecule has 0 radical (unpaired) electrons. The number of nitrogens with zero attached hydrogens (tertiary/aromatic N) is 1. The molecule has 102 valence electrons. The summed E-state index contributed by atoms with van der Waals surface area (Å²) >= 11 is 0. The first-order valence-corrected chi connectivity index (χ1v) is 6.48. The normalized spacial score (nSPS) is 30.4. The van der Waals surface area contributed by atoms with Crippen LogP contribution < -0.4 is 5.32 Å². The van der Waals surface area contributed by atoms with E-state index in [0.717, 1.165) is 25.5 Å². The van der Waals surface area contributed by atoms with Gasteiger partial charge < -0.3 is 0 Å². The second kappa shape index (κ2) is 4.63. The lowest BCUT2D eigenvalue weighted by atomic mass is 9.83. The van der Waals surface area contributed by atoms with Crippen LogP contribution in [0.3, 0.4) is 0 Å². The molecule has 0 spiro atoms. The molecule has 0 aromatic heterocycles. The van der Waals surface area contributed by atoms with E-state index in [4.69, 9.17) is 0 Å². The van der Waals surface area contributed by atoms with Crippen molar-refractivity contribution in [2.75, 3.05) is 6.54 Å². The fourth-order valence-electron chi connectivity index (χ4n) is 3.03. The van der Waals surface area contributed by atoms with Gasteiger partial charge in [0.2, 0.25) is 0 Å². The van der Waals surface area contributed by atoms with Crippen molar-refractivity contribution in [2.24, 2.45) is 10.9 Å². The largest absolute Gasteiger partial charge is 0.416 e. The van der Waals surface area contributed by atoms with Gasteiger partial charge >= 0.3 is 6.18 Å². The molecule has 5 heteroatoms. The molecule has 3 rings (SSSR count). The Morgan fingerprint density at radius 2 is 2.00 bits per heavy atom. The predicted octanol–water partition coefficient (Wildman–Crippen LogP) is 3.20. The van der Waals surface area contributed by atoms with E-state index in [9.17, 15) is 13.2 Å². The van der Waals surface area contributed by atoms with Crippen molar-refractivity contribution in [1.82, 2.24) is 5.32 Å². The van der Waals surface area contributed by atoms with Gasteiger partial charge in [-0.15, -0.1) is 0 Å². The monoisotopic (exact) mass is 268 g/mol. The number of hydrogen-bond acceptors (Lipinski definition) is 2. The minimum Gasteiger partial charge on any atom is -0.296 e. The fraction of sp³-hybridized carbons (Fsp3) is 0.500. The maximum atomic E-state index is 13.0. The van der Waals surface area contributed by atoms with Crippen LogP contribution in [0.1, 0.15) is 29.9 Å². The molecular weight excluding hydrogens is 253 g/mol. The molecule has 0 bridgehead atoms. The van der Waals surface area contributed by atoms with Crippen LogP contribution in [0, 0.1) is 5.92 Å². The molecule has 2 aliphatic heterocycles. The van der Waals surface area contributed by atoms with Crippen LogP contribution in [0.4, 0.5) is 13.2 Å². The number of fused-ring (bicyclic) bond motifs is 1. The highest BCUT2D eigenvalue weighted by Crippen LogP contribution is 2.39. The van der Waals surface area contributed by atoms with Crippen LogP contribution in [0.5, 0.6) is 0 Å². The van der Waals surface area contributed by atoms with E-state index in [1.165, 1.54) is 6.07 Å². The minimum absolute atomic E-state index is 0.106. The first-order valence-electron chi connectivity index (χ1n) is 6.48. The molecule has 1 fully saturated rings. The third-order valence-corrected chi connectivity index (χ3v) is 3.96. The van der Waals surface area contributed by atoms with Crippen LogP contribution in [0.15, 0.2) is 29.3 Å². The summed E-state index contributed by atoms with van der Waals surface area (Å²) in [5.74, 6) is 0.135. The Kier molecular flexibility index (Phi) is 3.09. The summed E-state index contributed by atoms with van der Waals surface area (Å²) in [5.41, 5.74) is -0.181. The highest BCUT2D eigenvalue weighted by molar-refractivity contribution is 5.70. The van der Waals surface area contributed by atoms with E-state index in [1.54, 1.807) is 18.3 Å². The Morgan fingerprint density at radius 1 is 1.21 bits per heavy atom. The molecular formula is C14H15F3N2. The molecule has 19 heavy (non-hydrogen) atoms. The van der Waals surface area contributed by atoms with Crippen molar-refractivity contribution in [3.8, 4) is 0 Å². The molecule has 1 N–H and O–H groups in total.